The van der Waals surface area contributed by atoms with Crippen LogP contribution < -0.4 is 5.32 Å². The third-order valence-corrected chi connectivity index (χ3v) is 4.60. The van der Waals surface area contributed by atoms with E-state index in [1.54, 1.807) is 0 Å². The summed E-state index contributed by atoms with van der Waals surface area (Å²) in [6, 6.07) is 0.692. The Morgan fingerprint density at radius 3 is 2.89 bits per heavy atom. The van der Waals surface area contributed by atoms with E-state index in [1.807, 2.05) is 17.9 Å². The largest absolute Gasteiger partial charge is 0.314 e. The maximum atomic E-state index is 4.27. The van der Waals surface area contributed by atoms with Gasteiger partial charge in [0.15, 0.2) is 0 Å². The molecule has 0 amide bonds. The minimum atomic E-state index is 0.692. The van der Waals surface area contributed by atoms with Crippen molar-refractivity contribution in [3.8, 4) is 0 Å². The molecule has 3 atom stereocenters. The first-order chi connectivity index (χ1) is 9.20. The van der Waals surface area contributed by atoms with Gasteiger partial charge in [-0.1, -0.05) is 26.7 Å². The van der Waals surface area contributed by atoms with Gasteiger partial charge < -0.3 is 5.32 Å². The van der Waals surface area contributed by atoms with E-state index in [0.29, 0.717) is 6.04 Å². The van der Waals surface area contributed by atoms with Crippen molar-refractivity contribution in [2.45, 2.75) is 58.4 Å². The highest BCUT2D eigenvalue weighted by molar-refractivity contribution is 5.04. The van der Waals surface area contributed by atoms with Crippen LogP contribution in [-0.4, -0.2) is 22.4 Å². The molecule has 0 saturated heterocycles. The van der Waals surface area contributed by atoms with Crippen molar-refractivity contribution in [1.82, 2.24) is 15.1 Å². The van der Waals surface area contributed by atoms with E-state index >= 15 is 0 Å². The molecule has 108 valence electrons. The summed E-state index contributed by atoms with van der Waals surface area (Å²) >= 11 is 0. The highest BCUT2D eigenvalue weighted by Gasteiger charge is 2.30. The summed E-state index contributed by atoms with van der Waals surface area (Å²) < 4.78 is 1.90. The monoisotopic (exact) mass is 263 g/mol. The van der Waals surface area contributed by atoms with E-state index < -0.39 is 0 Å². The molecule has 0 radical (unpaired) electrons. The van der Waals surface area contributed by atoms with E-state index in [1.165, 1.54) is 37.7 Å². The van der Waals surface area contributed by atoms with Crippen molar-refractivity contribution in [3.63, 3.8) is 0 Å². The minimum absolute atomic E-state index is 0.692. The van der Waals surface area contributed by atoms with Gasteiger partial charge in [-0.25, -0.2) is 0 Å². The first-order valence-corrected chi connectivity index (χ1v) is 7.91. The fraction of sp³-hybridized carbons (Fsp3) is 0.812. The maximum absolute atomic E-state index is 4.27. The number of hydrogen-bond donors (Lipinski definition) is 1. The van der Waals surface area contributed by atoms with Crippen LogP contribution in [0.15, 0.2) is 12.4 Å². The van der Waals surface area contributed by atoms with Crippen LogP contribution in [0.2, 0.25) is 0 Å². The predicted molar refractivity (Wildman–Crippen MR) is 80.1 cm³/mol. The summed E-state index contributed by atoms with van der Waals surface area (Å²) in [7, 11) is 2.00. The van der Waals surface area contributed by atoms with Crippen molar-refractivity contribution in [3.05, 3.63) is 18.0 Å². The average Bonchev–Trinajstić information content (AvgIpc) is 2.99. The third-order valence-electron chi connectivity index (χ3n) is 4.60. The second kappa shape index (κ2) is 7.09. The second-order valence-electron chi connectivity index (χ2n) is 6.19. The first kappa shape index (κ1) is 14.6. The maximum Gasteiger partial charge on any atom is 0.0521 e. The van der Waals surface area contributed by atoms with Crippen LogP contribution in [0, 0.1) is 11.8 Å². The Bertz CT molecular complexity index is 372. The molecule has 3 unspecified atom stereocenters. The lowest BCUT2D eigenvalue weighted by atomic mass is 9.87. The molecule has 1 heterocycles. The summed E-state index contributed by atoms with van der Waals surface area (Å²) in [5, 5.41) is 8.06. The van der Waals surface area contributed by atoms with Crippen LogP contribution in [0.3, 0.4) is 0 Å². The quantitative estimate of drug-likeness (QED) is 0.819. The Balaban J connectivity index is 1.89. The minimum Gasteiger partial charge on any atom is -0.314 e. The molecule has 1 saturated carbocycles. The van der Waals surface area contributed by atoms with Gasteiger partial charge >= 0.3 is 0 Å². The van der Waals surface area contributed by atoms with Crippen molar-refractivity contribution in [1.29, 1.82) is 0 Å². The molecule has 19 heavy (non-hydrogen) atoms. The Morgan fingerprint density at radius 2 is 2.32 bits per heavy atom. The number of rotatable bonds is 7. The van der Waals surface area contributed by atoms with Crippen molar-refractivity contribution < 1.29 is 0 Å². The van der Waals surface area contributed by atoms with Crippen LogP contribution in [0.5, 0.6) is 0 Å². The summed E-state index contributed by atoms with van der Waals surface area (Å²) in [5.74, 6) is 1.77. The van der Waals surface area contributed by atoms with Crippen molar-refractivity contribution >= 4 is 0 Å². The summed E-state index contributed by atoms with van der Waals surface area (Å²) in [6.07, 6.45) is 12.0. The molecule has 0 aromatic carbocycles. The summed E-state index contributed by atoms with van der Waals surface area (Å²) in [4.78, 5) is 0. The zero-order valence-electron chi connectivity index (χ0n) is 12.7. The molecule has 1 N–H and O–H groups in total. The van der Waals surface area contributed by atoms with E-state index in [-0.39, 0.29) is 0 Å². The van der Waals surface area contributed by atoms with Gasteiger partial charge in [0.2, 0.25) is 0 Å². The van der Waals surface area contributed by atoms with Crippen LogP contribution >= 0.6 is 0 Å². The van der Waals surface area contributed by atoms with Gasteiger partial charge in [0.05, 0.1) is 6.20 Å². The molecule has 1 aliphatic rings. The first-order valence-electron chi connectivity index (χ1n) is 7.91. The third kappa shape index (κ3) is 4.07. The molecular formula is C16H29N3. The smallest absolute Gasteiger partial charge is 0.0521 e. The molecule has 1 aromatic heterocycles. The van der Waals surface area contributed by atoms with Gasteiger partial charge in [0.1, 0.15) is 0 Å². The summed E-state index contributed by atoms with van der Waals surface area (Å²) in [6.45, 7) is 5.84. The number of nitrogens with one attached hydrogen (secondary N) is 1. The van der Waals surface area contributed by atoms with Crippen molar-refractivity contribution in [2.24, 2.45) is 18.9 Å². The SMILES string of the molecule is CCCNC(CCc1cnn(C)c1)C1CCCC1C. The highest BCUT2D eigenvalue weighted by atomic mass is 15.2. The van der Waals surface area contributed by atoms with Gasteiger partial charge in [0, 0.05) is 19.3 Å². The highest BCUT2D eigenvalue weighted by Crippen LogP contribution is 2.35. The second-order valence-corrected chi connectivity index (χ2v) is 6.19. The van der Waals surface area contributed by atoms with Crippen LogP contribution in [0.4, 0.5) is 0 Å². The predicted octanol–water partition coefficient (Wildman–Crippen LogP) is 3.16. The van der Waals surface area contributed by atoms with Crippen molar-refractivity contribution in [2.75, 3.05) is 6.54 Å². The average molecular weight is 263 g/mol. The molecule has 3 heteroatoms. The number of nitrogens with zero attached hydrogens (tertiary/aromatic N) is 2. The zero-order valence-corrected chi connectivity index (χ0v) is 12.7. The zero-order chi connectivity index (χ0) is 13.7. The Kier molecular flexibility index (Phi) is 5.44. The molecule has 0 bridgehead atoms. The Morgan fingerprint density at radius 1 is 1.47 bits per heavy atom. The molecule has 1 aliphatic carbocycles. The van der Waals surface area contributed by atoms with Gasteiger partial charge in [-0.15, -0.1) is 0 Å². The Hall–Kier alpha value is -0.830. The van der Waals surface area contributed by atoms with Crippen LogP contribution in [0.25, 0.3) is 0 Å². The van der Waals surface area contributed by atoms with E-state index in [9.17, 15) is 0 Å². The van der Waals surface area contributed by atoms with Crippen LogP contribution in [-0.2, 0) is 13.5 Å². The van der Waals surface area contributed by atoms with Crippen LogP contribution in [0.1, 0.15) is 51.5 Å². The topological polar surface area (TPSA) is 29.9 Å². The fourth-order valence-corrected chi connectivity index (χ4v) is 3.49. The van der Waals surface area contributed by atoms with Gasteiger partial charge in [-0.3, -0.25) is 4.68 Å². The number of aryl methyl sites for hydroxylation is 2. The van der Waals surface area contributed by atoms with Gasteiger partial charge in [0.25, 0.3) is 0 Å². The number of aromatic nitrogens is 2. The molecule has 3 nitrogen and oxygen atoms in total. The lowest BCUT2D eigenvalue weighted by Crippen LogP contribution is -2.38. The lowest BCUT2D eigenvalue weighted by molar-refractivity contribution is 0.284. The molecule has 2 rings (SSSR count). The summed E-state index contributed by atoms with van der Waals surface area (Å²) in [5.41, 5.74) is 1.37. The lowest BCUT2D eigenvalue weighted by Gasteiger charge is -2.28. The molecular weight excluding hydrogens is 234 g/mol. The molecule has 0 spiro atoms. The van der Waals surface area contributed by atoms with Gasteiger partial charge in [-0.2, -0.15) is 5.10 Å². The van der Waals surface area contributed by atoms with E-state index in [0.717, 1.165) is 24.8 Å². The molecule has 0 aliphatic heterocycles. The van der Waals surface area contributed by atoms with E-state index in [2.05, 4.69) is 30.5 Å². The van der Waals surface area contributed by atoms with Gasteiger partial charge in [-0.05, 0) is 49.6 Å². The molecule has 1 fully saturated rings. The number of hydrogen-bond acceptors (Lipinski definition) is 2. The normalized spacial score (nSPS) is 24.8. The standard InChI is InChI=1S/C16H29N3/c1-4-10-17-16(15-7-5-6-13(15)2)9-8-14-11-18-19(3)12-14/h11-13,15-17H,4-10H2,1-3H3. The molecule has 1 aromatic rings. The fourth-order valence-electron chi connectivity index (χ4n) is 3.49. The Labute approximate surface area is 117 Å². The van der Waals surface area contributed by atoms with E-state index in [4.69, 9.17) is 0 Å².